The first-order chi connectivity index (χ1) is 14.6. The van der Waals surface area contributed by atoms with E-state index in [-0.39, 0.29) is 29.0 Å². The van der Waals surface area contributed by atoms with Crippen molar-refractivity contribution in [2.75, 3.05) is 19.8 Å². The molecule has 0 spiro atoms. The molecule has 2 aliphatic heterocycles. The summed E-state index contributed by atoms with van der Waals surface area (Å²) in [7, 11) is 0. The maximum atomic E-state index is 13.2. The number of pyridine rings is 1. The predicted octanol–water partition coefficient (Wildman–Crippen LogP) is 2.02. The molecule has 2 aromatic rings. The number of nitrogens with zero attached hydrogens (tertiary/aromatic N) is 1. The molecule has 2 N–H and O–H groups in total. The number of carbonyl (C=O) groups is 2. The second kappa shape index (κ2) is 7.66. The molecule has 2 amide bonds. The molecule has 0 unspecified atom stereocenters. The number of β-lactam (4-membered cyclic amide) rings is 1. The molecule has 0 radical (unpaired) electrons. The molecule has 8 heteroatoms. The maximum Gasteiger partial charge on any atom is 0.254 e. The molecule has 1 atom stereocenters. The summed E-state index contributed by atoms with van der Waals surface area (Å²) in [5.74, 6) is 0.800. The fourth-order valence-corrected chi connectivity index (χ4v) is 4.55. The highest BCUT2D eigenvalue weighted by Crippen LogP contribution is 2.35. The van der Waals surface area contributed by atoms with Gasteiger partial charge in [-0.05, 0) is 25.0 Å². The molecule has 8 nitrogen and oxygen atoms in total. The molecule has 1 aromatic heterocycles. The van der Waals surface area contributed by atoms with Gasteiger partial charge in [-0.1, -0.05) is 19.3 Å². The molecular weight excluding hydrogens is 386 g/mol. The highest BCUT2D eigenvalue weighted by Gasteiger charge is 2.39. The third-order valence-electron chi connectivity index (χ3n) is 6.23. The molecule has 5 rings (SSSR count). The van der Waals surface area contributed by atoms with E-state index in [1.165, 1.54) is 11.3 Å². The summed E-state index contributed by atoms with van der Waals surface area (Å²) in [5, 5.41) is 3.82. The lowest BCUT2D eigenvalue weighted by atomic mass is 9.94. The first-order valence-corrected chi connectivity index (χ1v) is 10.7. The Morgan fingerprint density at radius 3 is 2.47 bits per heavy atom. The van der Waals surface area contributed by atoms with Crippen molar-refractivity contribution in [1.29, 1.82) is 0 Å². The van der Waals surface area contributed by atoms with Crippen LogP contribution >= 0.6 is 0 Å². The Labute approximate surface area is 173 Å². The number of benzene rings is 1. The minimum absolute atomic E-state index is 0.0993. The number of likely N-dealkylation sites (tertiary alicyclic amines) is 1. The Balaban J connectivity index is 1.52. The minimum atomic E-state index is -0.922. The zero-order valence-electron chi connectivity index (χ0n) is 16.7. The maximum absolute atomic E-state index is 13.2. The molecule has 158 valence electrons. The van der Waals surface area contributed by atoms with Gasteiger partial charge in [0.25, 0.3) is 5.56 Å². The van der Waals surface area contributed by atoms with Crippen LogP contribution in [0.2, 0.25) is 0 Å². The number of nitrogens with one attached hydrogen (secondary N) is 2. The zero-order chi connectivity index (χ0) is 20.7. The number of H-pyrrole nitrogens is 1. The van der Waals surface area contributed by atoms with E-state index in [1.807, 2.05) is 0 Å². The second-order valence-electron chi connectivity index (χ2n) is 8.22. The highest BCUT2D eigenvalue weighted by atomic mass is 16.6. The summed E-state index contributed by atoms with van der Waals surface area (Å²) in [6.07, 6.45) is 5.62. The Hall–Kier alpha value is -3.03. The lowest BCUT2D eigenvalue weighted by Crippen LogP contribution is -2.53. The van der Waals surface area contributed by atoms with Gasteiger partial charge in [0.2, 0.25) is 11.8 Å². The van der Waals surface area contributed by atoms with E-state index in [4.69, 9.17) is 9.47 Å². The fraction of sp³-hybridized carbons (Fsp3) is 0.500. The number of amides is 2. The van der Waals surface area contributed by atoms with Gasteiger partial charge >= 0.3 is 0 Å². The number of aromatic amines is 1. The first-order valence-electron chi connectivity index (χ1n) is 10.7. The SMILES string of the molecule is O=C(NC1CCCCC1)[C@H](c1cc2cc3c(cc2[nH]c1=O)OCCO3)N1CCC1=O. The average molecular weight is 411 g/mol. The monoisotopic (exact) mass is 411 g/mol. The summed E-state index contributed by atoms with van der Waals surface area (Å²) < 4.78 is 11.2. The largest absolute Gasteiger partial charge is 0.486 e. The normalized spacial score (nSPS) is 20.0. The minimum Gasteiger partial charge on any atom is -0.486 e. The van der Waals surface area contributed by atoms with Crippen LogP contribution in [0.5, 0.6) is 11.5 Å². The average Bonchev–Trinajstić information content (AvgIpc) is 2.75. The molecule has 0 bridgehead atoms. The predicted molar refractivity (Wildman–Crippen MR) is 110 cm³/mol. The number of ether oxygens (including phenoxy) is 2. The topological polar surface area (TPSA) is 101 Å². The van der Waals surface area contributed by atoms with E-state index in [1.54, 1.807) is 18.2 Å². The van der Waals surface area contributed by atoms with Crippen LogP contribution in [0.1, 0.15) is 50.1 Å². The molecule has 1 aromatic carbocycles. The lowest BCUT2D eigenvalue weighted by molar-refractivity contribution is -0.149. The molecule has 3 heterocycles. The lowest BCUT2D eigenvalue weighted by Gasteiger charge is -2.38. The van der Waals surface area contributed by atoms with Crippen LogP contribution in [-0.4, -0.2) is 47.5 Å². The van der Waals surface area contributed by atoms with Gasteiger partial charge in [0.1, 0.15) is 19.3 Å². The van der Waals surface area contributed by atoms with Crippen LogP contribution < -0.4 is 20.3 Å². The third kappa shape index (κ3) is 3.40. The van der Waals surface area contributed by atoms with Gasteiger partial charge < -0.3 is 24.7 Å². The number of fused-ring (bicyclic) bond motifs is 2. The Morgan fingerprint density at radius 1 is 1.07 bits per heavy atom. The van der Waals surface area contributed by atoms with Crippen molar-refractivity contribution < 1.29 is 19.1 Å². The van der Waals surface area contributed by atoms with Crippen molar-refractivity contribution in [3.05, 3.63) is 34.1 Å². The van der Waals surface area contributed by atoms with Crippen LogP contribution in [0.25, 0.3) is 10.9 Å². The van der Waals surface area contributed by atoms with Crippen molar-refractivity contribution in [1.82, 2.24) is 15.2 Å². The quantitative estimate of drug-likeness (QED) is 0.750. The molecule has 1 saturated heterocycles. The number of aromatic nitrogens is 1. The Morgan fingerprint density at radius 2 is 1.80 bits per heavy atom. The number of carbonyl (C=O) groups excluding carboxylic acids is 2. The molecule has 1 saturated carbocycles. The summed E-state index contributed by atoms with van der Waals surface area (Å²) in [5.41, 5.74) is 0.512. The van der Waals surface area contributed by atoms with Crippen molar-refractivity contribution in [2.45, 2.75) is 50.6 Å². The van der Waals surface area contributed by atoms with Crippen LogP contribution in [0.15, 0.2) is 23.0 Å². The highest BCUT2D eigenvalue weighted by molar-refractivity contribution is 5.92. The van der Waals surface area contributed by atoms with Crippen molar-refractivity contribution >= 4 is 22.7 Å². The van der Waals surface area contributed by atoms with Crippen molar-refractivity contribution in [3.63, 3.8) is 0 Å². The number of hydrogen-bond donors (Lipinski definition) is 2. The van der Waals surface area contributed by atoms with Gasteiger partial charge in [-0.2, -0.15) is 0 Å². The third-order valence-corrected chi connectivity index (χ3v) is 6.23. The van der Waals surface area contributed by atoms with Crippen LogP contribution in [0.3, 0.4) is 0 Å². The molecular formula is C22H25N3O5. The molecule has 3 aliphatic rings. The first kappa shape index (κ1) is 19.0. The van der Waals surface area contributed by atoms with E-state index in [2.05, 4.69) is 10.3 Å². The van der Waals surface area contributed by atoms with Crippen LogP contribution in [-0.2, 0) is 9.59 Å². The van der Waals surface area contributed by atoms with Crippen molar-refractivity contribution in [3.8, 4) is 11.5 Å². The standard InChI is InChI=1S/C22H25N3O5/c26-19-6-7-25(19)20(22(28)23-14-4-2-1-3-5-14)15-10-13-11-17-18(30-9-8-29-17)12-16(13)24-21(15)27/h10-12,14,20H,1-9H2,(H,23,28)(H,24,27)/t20-/m0/s1. The van der Waals surface area contributed by atoms with Crippen molar-refractivity contribution in [2.24, 2.45) is 0 Å². The van der Waals surface area contributed by atoms with E-state index in [9.17, 15) is 14.4 Å². The van der Waals surface area contributed by atoms with E-state index < -0.39 is 6.04 Å². The second-order valence-corrected chi connectivity index (χ2v) is 8.22. The van der Waals surface area contributed by atoms with Gasteiger partial charge in [0.15, 0.2) is 11.5 Å². The Kier molecular flexibility index (Phi) is 4.84. The van der Waals surface area contributed by atoms with Gasteiger partial charge in [0.05, 0.1) is 5.52 Å². The zero-order valence-corrected chi connectivity index (χ0v) is 16.7. The molecule has 30 heavy (non-hydrogen) atoms. The van der Waals surface area contributed by atoms with E-state index >= 15 is 0 Å². The number of hydrogen-bond acceptors (Lipinski definition) is 5. The summed E-state index contributed by atoms with van der Waals surface area (Å²) >= 11 is 0. The van der Waals surface area contributed by atoms with Gasteiger partial charge in [-0.25, -0.2) is 0 Å². The molecule has 1 aliphatic carbocycles. The van der Waals surface area contributed by atoms with E-state index in [0.717, 1.165) is 31.1 Å². The summed E-state index contributed by atoms with van der Waals surface area (Å²) in [6.45, 7) is 1.39. The summed E-state index contributed by atoms with van der Waals surface area (Å²) in [6, 6.07) is 4.41. The Bertz CT molecular complexity index is 1060. The fourth-order valence-electron chi connectivity index (χ4n) is 4.55. The molecule has 2 fully saturated rings. The smallest absolute Gasteiger partial charge is 0.254 e. The van der Waals surface area contributed by atoms with Gasteiger partial charge in [-0.15, -0.1) is 0 Å². The van der Waals surface area contributed by atoms with Crippen LogP contribution in [0, 0.1) is 0 Å². The summed E-state index contributed by atoms with van der Waals surface area (Å²) in [4.78, 5) is 42.7. The van der Waals surface area contributed by atoms with E-state index in [0.29, 0.717) is 43.2 Å². The number of rotatable bonds is 4. The van der Waals surface area contributed by atoms with Gasteiger partial charge in [-0.3, -0.25) is 14.4 Å². The van der Waals surface area contributed by atoms with Crippen LogP contribution in [0.4, 0.5) is 0 Å². The van der Waals surface area contributed by atoms with Gasteiger partial charge in [0, 0.05) is 36.0 Å².